The maximum Gasteiger partial charge on any atom is 0.321 e. The van der Waals surface area contributed by atoms with Crippen LogP contribution in [0.25, 0.3) is 0 Å². The third-order valence-corrected chi connectivity index (χ3v) is 4.07. The maximum absolute atomic E-state index is 5.52. The Bertz CT molecular complexity index is 867. The van der Waals surface area contributed by atoms with E-state index in [4.69, 9.17) is 4.74 Å². The summed E-state index contributed by atoms with van der Waals surface area (Å²) in [6.45, 7) is 7.34. The summed E-state index contributed by atoms with van der Waals surface area (Å²) in [4.78, 5) is 17.7. The van der Waals surface area contributed by atoms with E-state index in [1.807, 2.05) is 25.1 Å². The fourth-order valence-electron chi connectivity index (χ4n) is 2.67. The molecule has 2 aromatic heterocycles. The van der Waals surface area contributed by atoms with Gasteiger partial charge in [0.15, 0.2) is 0 Å². The first-order chi connectivity index (χ1) is 13.1. The molecule has 0 saturated carbocycles. The van der Waals surface area contributed by atoms with Gasteiger partial charge in [-0.1, -0.05) is 44.2 Å². The highest BCUT2D eigenvalue weighted by Gasteiger charge is 2.09. The SMILES string of the molecule is CCOc1nc(Cc2cccc(C(C)C)c2)nc(NCc2ccccn2)n1. The molecule has 0 unspecified atom stereocenters. The molecular weight excluding hydrogens is 338 g/mol. The molecule has 6 nitrogen and oxygen atoms in total. The van der Waals surface area contributed by atoms with Gasteiger partial charge in [0.25, 0.3) is 0 Å². The van der Waals surface area contributed by atoms with Crippen molar-refractivity contribution in [2.24, 2.45) is 0 Å². The van der Waals surface area contributed by atoms with Gasteiger partial charge < -0.3 is 10.1 Å². The van der Waals surface area contributed by atoms with Crippen LogP contribution in [0.2, 0.25) is 0 Å². The quantitative estimate of drug-likeness (QED) is 0.652. The normalized spacial score (nSPS) is 10.8. The number of nitrogens with one attached hydrogen (secondary N) is 1. The summed E-state index contributed by atoms with van der Waals surface area (Å²) < 4.78 is 5.52. The van der Waals surface area contributed by atoms with Gasteiger partial charge in [-0.3, -0.25) is 4.98 Å². The summed E-state index contributed by atoms with van der Waals surface area (Å²) >= 11 is 0. The summed E-state index contributed by atoms with van der Waals surface area (Å²) in [6, 6.07) is 14.7. The van der Waals surface area contributed by atoms with Crippen molar-refractivity contribution in [2.75, 3.05) is 11.9 Å². The van der Waals surface area contributed by atoms with Crippen LogP contribution in [0.1, 0.15) is 49.3 Å². The van der Waals surface area contributed by atoms with E-state index in [9.17, 15) is 0 Å². The van der Waals surface area contributed by atoms with Crippen LogP contribution in [0.15, 0.2) is 48.7 Å². The monoisotopic (exact) mass is 363 g/mol. The number of ether oxygens (including phenoxy) is 1. The van der Waals surface area contributed by atoms with Gasteiger partial charge in [0.2, 0.25) is 5.95 Å². The Morgan fingerprint density at radius 2 is 1.93 bits per heavy atom. The van der Waals surface area contributed by atoms with Crippen molar-refractivity contribution >= 4 is 5.95 Å². The zero-order valence-corrected chi connectivity index (χ0v) is 16.0. The van der Waals surface area contributed by atoms with Crippen molar-refractivity contribution in [1.82, 2.24) is 19.9 Å². The lowest BCUT2D eigenvalue weighted by Crippen LogP contribution is -2.10. The Hall–Kier alpha value is -3.02. The van der Waals surface area contributed by atoms with Crippen molar-refractivity contribution in [2.45, 2.75) is 39.7 Å². The molecule has 0 radical (unpaired) electrons. The zero-order chi connectivity index (χ0) is 19.1. The third-order valence-electron chi connectivity index (χ3n) is 4.07. The number of hydrogen-bond donors (Lipinski definition) is 1. The molecule has 140 valence electrons. The molecule has 0 spiro atoms. The largest absolute Gasteiger partial charge is 0.464 e. The molecule has 0 fully saturated rings. The van der Waals surface area contributed by atoms with E-state index in [2.05, 4.69) is 63.4 Å². The Kier molecular flexibility index (Phi) is 6.30. The molecule has 2 heterocycles. The van der Waals surface area contributed by atoms with E-state index in [1.165, 1.54) is 11.1 Å². The maximum atomic E-state index is 5.52. The van der Waals surface area contributed by atoms with Crippen LogP contribution in [0, 0.1) is 0 Å². The molecule has 0 aliphatic rings. The summed E-state index contributed by atoms with van der Waals surface area (Å²) in [5.41, 5.74) is 3.40. The van der Waals surface area contributed by atoms with Gasteiger partial charge in [-0.15, -0.1) is 0 Å². The first-order valence-electron chi connectivity index (χ1n) is 9.24. The lowest BCUT2D eigenvalue weighted by atomic mass is 10.00. The Balaban J connectivity index is 1.79. The first-order valence-corrected chi connectivity index (χ1v) is 9.24. The van der Waals surface area contributed by atoms with Gasteiger partial charge >= 0.3 is 6.01 Å². The average Bonchev–Trinajstić information content (AvgIpc) is 2.67. The molecule has 3 aromatic rings. The van der Waals surface area contributed by atoms with Crippen LogP contribution in [0.4, 0.5) is 5.95 Å². The molecule has 27 heavy (non-hydrogen) atoms. The highest BCUT2D eigenvalue weighted by molar-refractivity contribution is 5.31. The molecule has 1 N–H and O–H groups in total. The number of pyridine rings is 1. The fourth-order valence-corrected chi connectivity index (χ4v) is 2.67. The second kappa shape index (κ2) is 9.07. The second-order valence-corrected chi connectivity index (χ2v) is 6.54. The van der Waals surface area contributed by atoms with Crippen LogP contribution in [-0.4, -0.2) is 26.5 Å². The topological polar surface area (TPSA) is 72.8 Å². The number of benzene rings is 1. The summed E-state index contributed by atoms with van der Waals surface area (Å²) in [6.07, 6.45) is 2.39. The number of nitrogens with zero attached hydrogens (tertiary/aromatic N) is 4. The van der Waals surface area contributed by atoms with Gasteiger partial charge in [-0.05, 0) is 36.1 Å². The van der Waals surface area contributed by atoms with Crippen molar-refractivity contribution in [3.63, 3.8) is 0 Å². The van der Waals surface area contributed by atoms with Crippen LogP contribution < -0.4 is 10.1 Å². The van der Waals surface area contributed by atoms with E-state index < -0.39 is 0 Å². The van der Waals surface area contributed by atoms with Crippen molar-refractivity contribution in [3.05, 3.63) is 71.3 Å². The van der Waals surface area contributed by atoms with E-state index in [-0.39, 0.29) is 0 Å². The Morgan fingerprint density at radius 3 is 2.67 bits per heavy atom. The second-order valence-electron chi connectivity index (χ2n) is 6.54. The smallest absolute Gasteiger partial charge is 0.321 e. The van der Waals surface area contributed by atoms with Crippen molar-refractivity contribution in [3.8, 4) is 6.01 Å². The molecule has 1 aromatic carbocycles. The molecule has 3 rings (SSSR count). The molecule has 0 bridgehead atoms. The standard InChI is InChI=1S/C21H25N5O/c1-4-27-21-25-19(13-16-8-7-9-17(12-16)15(2)3)24-20(26-21)23-14-18-10-5-6-11-22-18/h5-12,15H,4,13-14H2,1-3H3,(H,23,24,25,26). The fraction of sp³-hybridized carbons (Fsp3) is 0.333. The van der Waals surface area contributed by atoms with Gasteiger partial charge in [-0.25, -0.2) is 0 Å². The Labute approximate surface area is 160 Å². The molecule has 0 saturated heterocycles. The van der Waals surface area contributed by atoms with E-state index >= 15 is 0 Å². The van der Waals surface area contributed by atoms with E-state index in [1.54, 1.807) is 6.20 Å². The van der Waals surface area contributed by atoms with Crippen LogP contribution in [0.3, 0.4) is 0 Å². The number of rotatable bonds is 8. The predicted octanol–water partition coefficient (Wildman–Crippen LogP) is 3.99. The van der Waals surface area contributed by atoms with Crippen LogP contribution >= 0.6 is 0 Å². The lowest BCUT2D eigenvalue weighted by Gasteiger charge is -2.10. The molecular formula is C21H25N5O. The molecule has 0 amide bonds. The van der Waals surface area contributed by atoms with Gasteiger partial charge in [0.05, 0.1) is 18.8 Å². The lowest BCUT2D eigenvalue weighted by molar-refractivity contribution is 0.310. The van der Waals surface area contributed by atoms with Gasteiger partial charge in [0.1, 0.15) is 5.82 Å². The minimum absolute atomic E-state index is 0.339. The number of hydrogen-bond acceptors (Lipinski definition) is 6. The highest BCUT2D eigenvalue weighted by Crippen LogP contribution is 2.18. The Morgan fingerprint density at radius 1 is 1.04 bits per heavy atom. The molecule has 0 aliphatic carbocycles. The first kappa shape index (κ1) is 18.8. The average molecular weight is 363 g/mol. The molecule has 0 atom stereocenters. The van der Waals surface area contributed by atoms with Gasteiger partial charge in [0, 0.05) is 12.6 Å². The minimum Gasteiger partial charge on any atom is -0.464 e. The molecule has 6 heteroatoms. The van der Waals surface area contributed by atoms with Gasteiger partial charge in [-0.2, -0.15) is 15.0 Å². The van der Waals surface area contributed by atoms with Crippen molar-refractivity contribution in [1.29, 1.82) is 0 Å². The minimum atomic E-state index is 0.339. The number of anilines is 1. The van der Waals surface area contributed by atoms with E-state index in [0.29, 0.717) is 43.3 Å². The van der Waals surface area contributed by atoms with Crippen LogP contribution in [-0.2, 0) is 13.0 Å². The zero-order valence-electron chi connectivity index (χ0n) is 16.0. The van der Waals surface area contributed by atoms with Crippen molar-refractivity contribution < 1.29 is 4.74 Å². The van der Waals surface area contributed by atoms with Crippen LogP contribution in [0.5, 0.6) is 6.01 Å². The summed E-state index contributed by atoms with van der Waals surface area (Å²) in [5, 5.41) is 3.21. The van der Waals surface area contributed by atoms with E-state index in [0.717, 1.165) is 5.69 Å². The number of aromatic nitrogens is 4. The molecule has 0 aliphatic heterocycles. The highest BCUT2D eigenvalue weighted by atomic mass is 16.5. The predicted molar refractivity (Wildman–Crippen MR) is 106 cm³/mol. The third kappa shape index (κ3) is 5.48. The summed E-state index contributed by atoms with van der Waals surface area (Å²) in [7, 11) is 0. The summed E-state index contributed by atoms with van der Waals surface area (Å²) in [5.74, 6) is 1.66.